The number of hydrogen-bond donors (Lipinski definition) is 1. The number of rotatable bonds is 4. The lowest BCUT2D eigenvalue weighted by Crippen LogP contribution is -2.11. The van der Waals surface area contributed by atoms with Gasteiger partial charge >= 0.3 is 0 Å². The quantitative estimate of drug-likeness (QED) is 0.853. The lowest BCUT2D eigenvalue weighted by atomic mass is 9.97. The molecule has 0 aliphatic rings. The van der Waals surface area contributed by atoms with Crippen LogP contribution in [-0.4, -0.2) is 0 Å². The van der Waals surface area contributed by atoms with Crippen molar-refractivity contribution in [2.45, 2.75) is 39.7 Å². The van der Waals surface area contributed by atoms with E-state index in [0.29, 0.717) is 11.5 Å². The lowest BCUT2D eigenvalue weighted by molar-refractivity contribution is 0.505. The maximum atomic E-state index is 13.3. The number of hydrogen-bond acceptors (Lipinski definition) is 1. The van der Waals surface area contributed by atoms with Crippen molar-refractivity contribution in [1.82, 2.24) is 0 Å². The fraction of sp³-hybridized carbons (Fsp3) is 0.538. The van der Waals surface area contributed by atoms with Crippen LogP contribution in [0.4, 0.5) is 4.39 Å². The third-order valence-corrected chi connectivity index (χ3v) is 2.68. The molecule has 2 N–H and O–H groups in total. The van der Waals surface area contributed by atoms with E-state index in [4.69, 9.17) is 5.73 Å². The summed E-state index contributed by atoms with van der Waals surface area (Å²) in [5, 5.41) is 0. The van der Waals surface area contributed by atoms with Crippen molar-refractivity contribution in [2.24, 2.45) is 11.7 Å². The second-order valence-electron chi connectivity index (χ2n) is 4.59. The monoisotopic (exact) mass is 245 g/mol. The number of halogens is 2. The maximum absolute atomic E-state index is 13.3. The van der Waals surface area contributed by atoms with Crippen LogP contribution in [0.3, 0.4) is 0 Å². The first-order valence-corrected chi connectivity index (χ1v) is 5.52. The Balaban J connectivity index is 0.00000225. The molecule has 0 fully saturated rings. The van der Waals surface area contributed by atoms with Crippen LogP contribution in [-0.2, 0) is 0 Å². The molecule has 1 aromatic rings. The minimum absolute atomic E-state index is 0. The van der Waals surface area contributed by atoms with Crippen molar-refractivity contribution in [3.05, 3.63) is 35.1 Å². The average molecular weight is 246 g/mol. The van der Waals surface area contributed by atoms with Gasteiger partial charge in [-0.05, 0) is 42.9 Å². The minimum atomic E-state index is -0.160. The van der Waals surface area contributed by atoms with Gasteiger partial charge in [-0.3, -0.25) is 0 Å². The summed E-state index contributed by atoms with van der Waals surface area (Å²) >= 11 is 0. The third-order valence-electron chi connectivity index (χ3n) is 2.68. The molecule has 1 aromatic carbocycles. The van der Waals surface area contributed by atoms with Crippen molar-refractivity contribution >= 4 is 12.4 Å². The van der Waals surface area contributed by atoms with Crippen LogP contribution < -0.4 is 5.73 Å². The predicted molar refractivity (Wildman–Crippen MR) is 69.4 cm³/mol. The molecule has 0 aliphatic heterocycles. The van der Waals surface area contributed by atoms with Crippen LogP contribution in [0.15, 0.2) is 18.2 Å². The Morgan fingerprint density at radius 3 is 2.38 bits per heavy atom. The second kappa shape index (κ2) is 6.87. The van der Waals surface area contributed by atoms with E-state index >= 15 is 0 Å². The Morgan fingerprint density at radius 2 is 1.88 bits per heavy atom. The van der Waals surface area contributed by atoms with E-state index in [0.717, 1.165) is 18.4 Å². The summed E-state index contributed by atoms with van der Waals surface area (Å²) in [7, 11) is 0. The van der Waals surface area contributed by atoms with E-state index < -0.39 is 0 Å². The van der Waals surface area contributed by atoms with Gasteiger partial charge in [-0.2, -0.15) is 0 Å². The Morgan fingerprint density at radius 1 is 1.25 bits per heavy atom. The zero-order chi connectivity index (χ0) is 11.4. The van der Waals surface area contributed by atoms with Gasteiger partial charge in [-0.25, -0.2) is 4.39 Å². The normalized spacial score (nSPS) is 12.4. The minimum Gasteiger partial charge on any atom is -0.324 e. The van der Waals surface area contributed by atoms with E-state index in [9.17, 15) is 4.39 Å². The molecule has 0 unspecified atom stereocenters. The Bertz CT molecular complexity index is 326. The van der Waals surface area contributed by atoms with Crippen LogP contribution in [0.1, 0.15) is 43.9 Å². The fourth-order valence-corrected chi connectivity index (χ4v) is 1.52. The van der Waals surface area contributed by atoms with Gasteiger partial charge in [0.25, 0.3) is 0 Å². The van der Waals surface area contributed by atoms with Gasteiger partial charge in [0.05, 0.1) is 0 Å². The second-order valence-corrected chi connectivity index (χ2v) is 4.59. The average Bonchev–Trinajstić information content (AvgIpc) is 2.18. The molecule has 0 spiro atoms. The zero-order valence-corrected chi connectivity index (χ0v) is 11.0. The Hall–Kier alpha value is -0.600. The smallest absolute Gasteiger partial charge is 0.126 e. The molecular weight excluding hydrogens is 225 g/mol. The highest BCUT2D eigenvalue weighted by Crippen LogP contribution is 2.20. The molecule has 3 heteroatoms. The molecule has 1 rings (SSSR count). The molecule has 1 nitrogen and oxygen atoms in total. The molecule has 0 bridgehead atoms. The van der Waals surface area contributed by atoms with Gasteiger partial charge < -0.3 is 5.73 Å². The predicted octanol–water partition coefficient (Wildman–Crippen LogP) is 3.99. The van der Waals surface area contributed by atoms with Gasteiger partial charge in [-0.15, -0.1) is 12.4 Å². The maximum Gasteiger partial charge on any atom is 0.126 e. The molecular formula is C13H21ClFN. The molecule has 0 saturated carbocycles. The molecule has 1 atom stereocenters. The Labute approximate surface area is 104 Å². The van der Waals surface area contributed by atoms with E-state index in [-0.39, 0.29) is 24.3 Å². The van der Waals surface area contributed by atoms with Crippen molar-refractivity contribution in [3.8, 4) is 0 Å². The summed E-state index contributed by atoms with van der Waals surface area (Å²) < 4.78 is 13.3. The molecule has 92 valence electrons. The van der Waals surface area contributed by atoms with Crippen molar-refractivity contribution in [3.63, 3.8) is 0 Å². The van der Waals surface area contributed by atoms with Gasteiger partial charge in [0.15, 0.2) is 0 Å². The van der Waals surface area contributed by atoms with Gasteiger partial charge in [0.2, 0.25) is 0 Å². The van der Waals surface area contributed by atoms with Crippen LogP contribution in [0.5, 0.6) is 0 Å². The molecule has 0 amide bonds. The summed E-state index contributed by atoms with van der Waals surface area (Å²) in [5.41, 5.74) is 7.57. The first-order valence-electron chi connectivity index (χ1n) is 5.52. The topological polar surface area (TPSA) is 26.0 Å². The summed E-state index contributed by atoms with van der Waals surface area (Å²) in [5.74, 6) is 0.485. The molecule has 0 radical (unpaired) electrons. The highest BCUT2D eigenvalue weighted by atomic mass is 35.5. The van der Waals surface area contributed by atoms with Crippen LogP contribution in [0.2, 0.25) is 0 Å². The van der Waals surface area contributed by atoms with Gasteiger partial charge in [0, 0.05) is 6.04 Å². The molecule has 16 heavy (non-hydrogen) atoms. The SMILES string of the molecule is Cc1ccc([C@H](N)CCC(C)C)cc1F.Cl. The number of benzene rings is 1. The van der Waals surface area contributed by atoms with Crippen LogP contribution >= 0.6 is 12.4 Å². The summed E-state index contributed by atoms with van der Waals surface area (Å²) in [4.78, 5) is 0. The highest BCUT2D eigenvalue weighted by Gasteiger charge is 2.08. The molecule has 0 saturated heterocycles. The molecule has 0 aromatic heterocycles. The summed E-state index contributed by atoms with van der Waals surface area (Å²) in [6.07, 6.45) is 2.00. The Kier molecular flexibility index (Phi) is 6.61. The number of nitrogens with two attached hydrogens (primary N) is 1. The largest absolute Gasteiger partial charge is 0.324 e. The van der Waals surface area contributed by atoms with Crippen LogP contribution in [0.25, 0.3) is 0 Å². The van der Waals surface area contributed by atoms with Crippen LogP contribution in [0, 0.1) is 18.7 Å². The summed E-state index contributed by atoms with van der Waals surface area (Å²) in [6.45, 7) is 6.10. The van der Waals surface area contributed by atoms with Crippen molar-refractivity contribution in [1.29, 1.82) is 0 Å². The van der Waals surface area contributed by atoms with E-state index in [1.165, 1.54) is 0 Å². The first kappa shape index (κ1) is 15.4. The fourth-order valence-electron chi connectivity index (χ4n) is 1.52. The van der Waals surface area contributed by atoms with E-state index in [1.807, 2.05) is 6.07 Å². The number of aryl methyl sites for hydroxylation is 1. The molecule has 0 heterocycles. The summed E-state index contributed by atoms with van der Waals surface area (Å²) in [6, 6.07) is 5.23. The highest BCUT2D eigenvalue weighted by molar-refractivity contribution is 5.85. The van der Waals surface area contributed by atoms with Crippen molar-refractivity contribution < 1.29 is 4.39 Å². The van der Waals surface area contributed by atoms with E-state index in [2.05, 4.69) is 13.8 Å². The third kappa shape index (κ3) is 4.50. The van der Waals surface area contributed by atoms with Gasteiger partial charge in [0.1, 0.15) is 5.82 Å². The van der Waals surface area contributed by atoms with Crippen molar-refractivity contribution in [2.75, 3.05) is 0 Å². The first-order chi connectivity index (χ1) is 7.00. The molecule has 0 aliphatic carbocycles. The lowest BCUT2D eigenvalue weighted by Gasteiger charge is -2.14. The zero-order valence-electron chi connectivity index (χ0n) is 10.2. The van der Waals surface area contributed by atoms with E-state index in [1.54, 1.807) is 19.1 Å². The van der Waals surface area contributed by atoms with Gasteiger partial charge in [-0.1, -0.05) is 26.0 Å². The standard InChI is InChI=1S/C13H20FN.ClH/c1-9(2)4-7-13(15)11-6-5-10(3)12(14)8-11;/h5-6,8-9,13H,4,7,15H2,1-3H3;1H/t13-;/m1./s1.